The zero-order chi connectivity index (χ0) is 16.7. The summed E-state index contributed by atoms with van der Waals surface area (Å²) in [6.45, 7) is 2.06. The first-order valence-corrected chi connectivity index (χ1v) is 8.78. The molecular weight excluding hydrogens is 316 g/mol. The van der Waals surface area contributed by atoms with E-state index < -0.39 is 24.5 Å². The Morgan fingerprint density at radius 3 is 2.78 bits per heavy atom. The summed E-state index contributed by atoms with van der Waals surface area (Å²) in [5, 5.41) is 4.69. The van der Waals surface area contributed by atoms with Gasteiger partial charge in [0.1, 0.15) is 4.88 Å². The third-order valence-electron chi connectivity index (χ3n) is 3.60. The zero-order valence-electron chi connectivity index (χ0n) is 13.3. The van der Waals surface area contributed by atoms with Crippen LogP contribution in [0.5, 0.6) is 0 Å². The van der Waals surface area contributed by atoms with Crippen LogP contribution in [0.15, 0.2) is 6.07 Å². The van der Waals surface area contributed by atoms with Gasteiger partial charge in [0.15, 0.2) is 6.61 Å². The normalized spacial score (nSPS) is 13.1. The van der Waals surface area contributed by atoms with Gasteiger partial charge in [-0.25, -0.2) is 9.59 Å². The van der Waals surface area contributed by atoms with Crippen molar-refractivity contribution in [2.75, 3.05) is 13.2 Å². The lowest BCUT2D eigenvalue weighted by Gasteiger charge is -2.08. The average molecular weight is 338 g/mol. The van der Waals surface area contributed by atoms with Gasteiger partial charge in [-0.05, 0) is 43.7 Å². The Morgan fingerprint density at radius 2 is 2.04 bits per heavy atom. The van der Waals surface area contributed by atoms with Gasteiger partial charge in [0.25, 0.3) is 5.91 Å². The van der Waals surface area contributed by atoms with Crippen molar-refractivity contribution in [2.45, 2.75) is 45.4 Å². The molecule has 0 radical (unpaired) electrons. The molecule has 1 aromatic rings. The molecule has 0 spiro atoms. The molecule has 0 aromatic carbocycles. The summed E-state index contributed by atoms with van der Waals surface area (Å²) in [7, 11) is 0. The maximum absolute atomic E-state index is 12.0. The molecule has 0 aliphatic heterocycles. The van der Waals surface area contributed by atoms with E-state index in [9.17, 15) is 14.4 Å². The molecule has 2 rings (SSSR count). The van der Waals surface area contributed by atoms with Gasteiger partial charge in [-0.15, -0.1) is 11.3 Å². The summed E-state index contributed by atoms with van der Waals surface area (Å²) in [4.78, 5) is 36.7. The third-order valence-corrected chi connectivity index (χ3v) is 4.82. The maximum atomic E-state index is 12.0. The molecule has 0 fully saturated rings. The Labute approximate surface area is 139 Å². The minimum absolute atomic E-state index is 0.456. The first kappa shape index (κ1) is 17.5. The zero-order valence-corrected chi connectivity index (χ0v) is 14.1. The summed E-state index contributed by atoms with van der Waals surface area (Å²) in [5.41, 5.74) is 1.22. The molecule has 2 N–H and O–H groups in total. The second-order valence-electron chi connectivity index (χ2n) is 5.50. The Hall–Kier alpha value is -1.89. The quantitative estimate of drug-likeness (QED) is 0.616. The van der Waals surface area contributed by atoms with E-state index in [0.29, 0.717) is 11.4 Å². The molecule has 1 heterocycles. The van der Waals surface area contributed by atoms with Crippen molar-refractivity contribution in [3.05, 3.63) is 21.4 Å². The van der Waals surface area contributed by atoms with Crippen molar-refractivity contribution < 1.29 is 19.1 Å². The predicted molar refractivity (Wildman–Crippen MR) is 87.7 cm³/mol. The van der Waals surface area contributed by atoms with E-state index in [1.807, 2.05) is 13.0 Å². The first-order chi connectivity index (χ1) is 11.1. The van der Waals surface area contributed by atoms with Crippen LogP contribution in [0.2, 0.25) is 0 Å². The second kappa shape index (κ2) is 8.67. The maximum Gasteiger partial charge on any atom is 0.348 e. The topological polar surface area (TPSA) is 84.5 Å². The number of unbranched alkanes of at least 4 members (excludes halogenated alkanes) is 1. The molecule has 23 heavy (non-hydrogen) atoms. The highest BCUT2D eigenvalue weighted by Gasteiger charge is 2.19. The molecule has 1 aliphatic carbocycles. The van der Waals surface area contributed by atoms with E-state index in [0.717, 1.165) is 38.5 Å². The lowest BCUT2D eigenvalue weighted by atomic mass is 9.99. The lowest BCUT2D eigenvalue weighted by Crippen LogP contribution is -2.41. The molecule has 0 saturated heterocycles. The number of fused-ring (bicyclic) bond motifs is 1. The smallest absolute Gasteiger partial charge is 0.348 e. The van der Waals surface area contributed by atoms with Crippen LogP contribution in [0.3, 0.4) is 0 Å². The molecule has 0 bridgehead atoms. The highest BCUT2D eigenvalue weighted by atomic mass is 32.1. The van der Waals surface area contributed by atoms with Crippen molar-refractivity contribution in [2.24, 2.45) is 0 Å². The van der Waals surface area contributed by atoms with Crippen LogP contribution < -0.4 is 10.6 Å². The van der Waals surface area contributed by atoms with Gasteiger partial charge >= 0.3 is 12.0 Å². The van der Waals surface area contributed by atoms with Crippen LogP contribution in [0, 0.1) is 0 Å². The van der Waals surface area contributed by atoms with Gasteiger partial charge < -0.3 is 10.1 Å². The number of amides is 3. The number of hydrogen-bond acceptors (Lipinski definition) is 5. The number of carbonyl (C=O) groups excluding carboxylic acids is 3. The summed E-state index contributed by atoms with van der Waals surface area (Å²) in [6, 6.07) is 1.29. The molecular formula is C16H22N2O4S. The molecule has 0 atom stereocenters. The number of thiophene rings is 1. The second-order valence-corrected chi connectivity index (χ2v) is 6.64. The number of imide groups is 1. The Morgan fingerprint density at radius 1 is 1.26 bits per heavy atom. The van der Waals surface area contributed by atoms with Crippen molar-refractivity contribution in [3.8, 4) is 0 Å². The number of rotatable bonds is 6. The van der Waals surface area contributed by atoms with Crippen LogP contribution in [-0.2, 0) is 22.4 Å². The molecule has 0 saturated carbocycles. The van der Waals surface area contributed by atoms with E-state index in [1.165, 1.54) is 21.8 Å². The van der Waals surface area contributed by atoms with Crippen molar-refractivity contribution in [3.63, 3.8) is 0 Å². The highest BCUT2D eigenvalue weighted by molar-refractivity contribution is 7.14. The lowest BCUT2D eigenvalue weighted by molar-refractivity contribution is -0.123. The van der Waals surface area contributed by atoms with Crippen LogP contribution in [-0.4, -0.2) is 31.1 Å². The molecule has 1 aliphatic rings. The fraction of sp³-hybridized carbons (Fsp3) is 0.562. The number of esters is 1. The predicted octanol–water partition coefficient (Wildman–Crippen LogP) is 2.41. The molecule has 7 heteroatoms. The van der Waals surface area contributed by atoms with Gasteiger partial charge in [0.2, 0.25) is 0 Å². The van der Waals surface area contributed by atoms with Gasteiger partial charge in [-0.2, -0.15) is 0 Å². The number of aryl methyl sites for hydroxylation is 2. The first-order valence-electron chi connectivity index (χ1n) is 7.96. The van der Waals surface area contributed by atoms with E-state index in [1.54, 1.807) is 0 Å². The summed E-state index contributed by atoms with van der Waals surface area (Å²) in [5.74, 6) is -1.14. The minimum Gasteiger partial charge on any atom is -0.451 e. The van der Waals surface area contributed by atoms with Crippen molar-refractivity contribution in [1.82, 2.24) is 10.6 Å². The summed E-state index contributed by atoms with van der Waals surface area (Å²) in [6.07, 6.45) is 6.10. The van der Waals surface area contributed by atoms with Crippen molar-refractivity contribution in [1.29, 1.82) is 0 Å². The van der Waals surface area contributed by atoms with E-state index in [-0.39, 0.29) is 0 Å². The fourth-order valence-electron chi connectivity index (χ4n) is 2.38. The fourth-order valence-corrected chi connectivity index (χ4v) is 3.53. The van der Waals surface area contributed by atoms with E-state index in [4.69, 9.17) is 4.74 Å². The largest absolute Gasteiger partial charge is 0.451 e. The van der Waals surface area contributed by atoms with Crippen molar-refractivity contribution >= 4 is 29.2 Å². The van der Waals surface area contributed by atoms with Gasteiger partial charge in [-0.3, -0.25) is 10.1 Å². The summed E-state index contributed by atoms with van der Waals surface area (Å²) < 4.78 is 4.97. The number of ether oxygens (including phenoxy) is 1. The standard InChI is InChI=1S/C16H22N2O4S/c1-2-3-8-17-16(21)18-14(19)10-22-15(20)13-9-11-6-4-5-7-12(11)23-13/h9H,2-8,10H2,1H3,(H2,17,18,19,21). The molecule has 1 aromatic heterocycles. The Kier molecular flexibility index (Phi) is 6.58. The average Bonchev–Trinajstić information content (AvgIpc) is 2.97. The SMILES string of the molecule is CCCCNC(=O)NC(=O)COC(=O)c1cc2c(s1)CCCC2. The minimum atomic E-state index is -0.631. The van der Waals surface area contributed by atoms with Crippen LogP contribution in [0.25, 0.3) is 0 Å². The van der Waals surface area contributed by atoms with E-state index in [2.05, 4.69) is 10.6 Å². The van der Waals surface area contributed by atoms with Gasteiger partial charge in [0.05, 0.1) is 0 Å². The third kappa shape index (κ3) is 5.35. The number of hydrogen-bond donors (Lipinski definition) is 2. The summed E-state index contributed by atoms with van der Waals surface area (Å²) >= 11 is 1.44. The monoisotopic (exact) mass is 338 g/mol. The molecule has 6 nitrogen and oxygen atoms in total. The van der Waals surface area contributed by atoms with Gasteiger partial charge in [0, 0.05) is 11.4 Å². The number of urea groups is 1. The Balaban J connectivity index is 1.74. The highest BCUT2D eigenvalue weighted by Crippen LogP contribution is 2.29. The molecule has 0 unspecified atom stereocenters. The Bertz CT molecular complexity index is 559. The van der Waals surface area contributed by atoms with Crippen LogP contribution in [0.1, 0.15) is 52.7 Å². The van der Waals surface area contributed by atoms with Gasteiger partial charge in [-0.1, -0.05) is 13.3 Å². The molecule has 3 amide bonds. The van der Waals surface area contributed by atoms with Crippen LogP contribution in [0.4, 0.5) is 4.79 Å². The number of carbonyl (C=O) groups is 3. The van der Waals surface area contributed by atoms with E-state index >= 15 is 0 Å². The van der Waals surface area contributed by atoms with Crippen LogP contribution >= 0.6 is 11.3 Å². The number of nitrogens with one attached hydrogen (secondary N) is 2. The molecule has 126 valence electrons.